The molecule has 0 saturated carbocycles. The van der Waals surface area contributed by atoms with Crippen LogP contribution in [0.2, 0.25) is 0 Å². The summed E-state index contributed by atoms with van der Waals surface area (Å²) in [5, 5.41) is 0. The monoisotopic (exact) mass is 220 g/mol. The van der Waals surface area contributed by atoms with Crippen LogP contribution in [-0.2, 0) is 5.88 Å². The van der Waals surface area contributed by atoms with Crippen molar-refractivity contribution in [2.45, 2.75) is 5.88 Å². The number of H-pyrrole nitrogens is 1. The minimum Gasteiger partial charge on any atom is -0.322 e. The summed E-state index contributed by atoms with van der Waals surface area (Å²) in [5.41, 5.74) is 2.15. The lowest BCUT2D eigenvalue weighted by Gasteiger charge is -2.01. The second kappa shape index (κ2) is 4.28. The number of hydrogen-bond acceptors (Lipinski definition) is 2. The van der Waals surface area contributed by atoms with Gasteiger partial charge < -0.3 is 4.98 Å². The molecule has 3 nitrogen and oxygen atoms in total. The summed E-state index contributed by atoms with van der Waals surface area (Å²) in [6.07, 6.45) is 3.37. The van der Waals surface area contributed by atoms with Crippen molar-refractivity contribution < 1.29 is 0 Å². The van der Waals surface area contributed by atoms with Gasteiger partial charge in [-0.15, -0.1) is 11.6 Å². The van der Waals surface area contributed by atoms with E-state index in [9.17, 15) is 4.79 Å². The molecular formula is C11H9ClN2O. The Balaban J connectivity index is 2.48. The average Bonchev–Trinajstić information content (AvgIpc) is 2.30. The minimum absolute atomic E-state index is 0.140. The Morgan fingerprint density at radius 2 is 1.93 bits per heavy atom. The Bertz CT molecular complexity index is 507. The molecule has 0 radical (unpaired) electrons. The molecule has 2 rings (SSSR count). The molecule has 0 unspecified atom stereocenters. The van der Waals surface area contributed by atoms with Crippen LogP contribution >= 0.6 is 11.6 Å². The van der Waals surface area contributed by atoms with Crippen molar-refractivity contribution in [2.24, 2.45) is 0 Å². The molecule has 76 valence electrons. The van der Waals surface area contributed by atoms with E-state index >= 15 is 0 Å². The number of pyridine rings is 2. The molecule has 0 aromatic carbocycles. The fourth-order valence-corrected chi connectivity index (χ4v) is 1.52. The van der Waals surface area contributed by atoms with Gasteiger partial charge in [0.25, 0.3) is 5.56 Å². The first-order valence-electron chi connectivity index (χ1n) is 4.50. The summed E-state index contributed by atoms with van der Waals surface area (Å²) in [5.74, 6) is 0.228. The Labute approximate surface area is 91.8 Å². The molecule has 0 atom stereocenters. The van der Waals surface area contributed by atoms with E-state index in [2.05, 4.69) is 9.97 Å². The van der Waals surface area contributed by atoms with Crippen molar-refractivity contribution in [1.82, 2.24) is 9.97 Å². The molecular weight excluding hydrogens is 212 g/mol. The van der Waals surface area contributed by atoms with Crippen LogP contribution in [0.3, 0.4) is 0 Å². The number of halogens is 1. The fraction of sp³-hybridized carbons (Fsp3) is 0.0909. The molecule has 2 aromatic rings. The van der Waals surface area contributed by atoms with Crippen molar-refractivity contribution in [3.8, 4) is 11.3 Å². The minimum atomic E-state index is -0.140. The van der Waals surface area contributed by atoms with E-state index < -0.39 is 0 Å². The Hall–Kier alpha value is -1.61. The molecule has 0 bridgehead atoms. The third kappa shape index (κ3) is 2.07. The summed E-state index contributed by atoms with van der Waals surface area (Å²) in [4.78, 5) is 18.2. The van der Waals surface area contributed by atoms with Gasteiger partial charge in [0.15, 0.2) is 0 Å². The second-order valence-electron chi connectivity index (χ2n) is 3.10. The van der Waals surface area contributed by atoms with Gasteiger partial charge in [0.05, 0.1) is 5.88 Å². The molecule has 2 aromatic heterocycles. The molecule has 0 saturated heterocycles. The first kappa shape index (κ1) is 9.93. The van der Waals surface area contributed by atoms with Gasteiger partial charge in [0.2, 0.25) is 0 Å². The quantitative estimate of drug-likeness (QED) is 0.789. The van der Waals surface area contributed by atoms with Gasteiger partial charge in [-0.25, -0.2) is 0 Å². The molecule has 0 aliphatic heterocycles. The lowest BCUT2D eigenvalue weighted by molar-refractivity contribution is 1.16. The summed E-state index contributed by atoms with van der Waals surface area (Å²) >= 11 is 5.60. The smallest absolute Gasteiger partial charge is 0.252 e. The number of hydrogen-bond donors (Lipinski definition) is 1. The largest absolute Gasteiger partial charge is 0.322 e. The van der Waals surface area contributed by atoms with Gasteiger partial charge in [-0.05, 0) is 18.2 Å². The maximum atomic E-state index is 11.5. The number of alkyl halides is 1. The number of nitrogens with one attached hydrogen (secondary N) is 1. The van der Waals surface area contributed by atoms with Crippen molar-refractivity contribution in [1.29, 1.82) is 0 Å². The van der Waals surface area contributed by atoms with E-state index in [-0.39, 0.29) is 11.4 Å². The van der Waals surface area contributed by atoms with Crippen LogP contribution in [0.5, 0.6) is 0 Å². The molecule has 0 aliphatic carbocycles. The van der Waals surface area contributed by atoms with E-state index in [4.69, 9.17) is 11.6 Å². The van der Waals surface area contributed by atoms with Gasteiger partial charge in [-0.1, -0.05) is 6.07 Å². The Morgan fingerprint density at radius 3 is 2.53 bits per heavy atom. The van der Waals surface area contributed by atoms with Gasteiger partial charge in [0.1, 0.15) is 0 Å². The highest BCUT2D eigenvalue weighted by atomic mass is 35.5. The zero-order valence-electron chi connectivity index (χ0n) is 7.90. The first-order chi connectivity index (χ1) is 7.31. The Morgan fingerprint density at radius 1 is 1.20 bits per heavy atom. The standard InChI is InChI=1S/C11H9ClN2O/c12-7-9-1-2-10(14-11(9)15)8-3-5-13-6-4-8/h1-6H,7H2,(H,14,15). The van der Waals surface area contributed by atoms with E-state index in [0.29, 0.717) is 5.56 Å². The van der Waals surface area contributed by atoms with Crippen LogP contribution in [0.25, 0.3) is 11.3 Å². The van der Waals surface area contributed by atoms with Crippen molar-refractivity contribution in [2.75, 3.05) is 0 Å². The van der Waals surface area contributed by atoms with Crippen LogP contribution < -0.4 is 5.56 Å². The topological polar surface area (TPSA) is 45.8 Å². The van der Waals surface area contributed by atoms with Crippen molar-refractivity contribution in [3.63, 3.8) is 0 Å². The predicted octanol–water partition coefficient (Wildman–Crippen LogP) is 2.18. The highest BCUT2D eigenvalue weighted by Crippen LogP contribution is 2.13. The zero-order chi connectivity index (χ0) is 10.7. The molecule has 0 fully saturated rings. The van der Waals surface area contributed by atoms with Crippen LogP contribution in [0.15, 0.2) is 41.5 Å². The summed E-state index contributed by atoms with van der Waals surface area (Å²) in [7, 11) is 0. The van der Waals surface area contributed by atoms with Crippen molar-refractivity contribution >= 4 is 11.6 Å². The predicted molar refractivity (Wildman–Crippen MR) is 59.9 cm³/mol. The van der Waals surface area contributed by atoms with Gasteiger partial charge in [-0.2, -0.15) is 0 Å². The summed E-state index contributed by atoms with van der Waals surface area (Å²) in [6, 6.07) is 7.26. The highest BCUT2D eigenvalue weighted by Gasteiger charge is 2.01. The first-order valence-corrected chi connectivity index (χ1v) is 5.03. The van der Waals surface area contributed by atoms with Crippen LogP contribution in [-0.4, -0.2) is 9.97 Å². The molecule has 0 amide bonds. The highest BCUT2D eigenvalue weighted by molar-refractivity contribution is 6.17. The normalized spacial score (nSPS) is 10.2. The van der Waals surface area contributed by atoms with Gasteiger partial charge in [0, 0.05) is 29.2 Å². The van der Waals surface area contributed by atoms with Crippen LogP contribution in [0, 0.1) is 0 Å². The summed E-state index contributed by atoms with van der Waals surface area (Å²) < 4.78 is 0. The lowest BCUT2D eigenvalue weighted by atomic mass is 10.1. The number of aromatic nitrogens is 2. The second-order valence-corrected chi connectivity index (χ2v) is 3.36. The van der Waals surface area contributed by atoms with Gasteiger partial charge in [-0.3, -0.25) is 9.78 Å². The number of nitrogens with zero attached hydrogens (tertiary/aromatic N) is 1. The van der Waals surface area contributed by atoms with Crippen molar-refractivity contribution in [3.05, 3.63) is 52.6 Å². The number of aromatic amines is 1. The summed E-state index contributed by atoms with van der Waals surface area (Å²) in [6.45, 7) is 0. The van der Waals surface area contributed by atoms with Crippen LogP contribution in [0.1, 0.15) is 5.56 Å². The SMILES string of the molecule is O=c1[nH]c(-c2ccncc2)ccc1CCl. The van der Waals surface area contributed by atoms with E-state index in [1.807, 2.05) is 18.2 Å². The zero-order valence-corrected chi connectivity index (χ0v) is 8.66. The number of rotatable bonds is 2. The maximum absolute atomic E-state index is 11.5. The fourth-order valence-electron chi connectivity index (χ4n) is 1.31. The molecule has 4 heteroatoms. The molecule has 1 N–H and O–H groups in total. The Kier molecular flexibility index (Phi) is 2.83. The van der Waals surface area contributed by atoms with E-state index in [0.717, 1.165) is 11.3 Å². The lowest BCUT2D eigenvalue weighted by Crippen LogP contribution is -2.11. The maximum Gasteiger partial charge on any atom is 0.252 e. The third-order valence-corrected chi connectivity index (χ3v) is 2.41. The van der Waals surface area contributed by atoms with E-state index in [1.54, 1.807) is 18.5 Å². The van der Waals surface area contributed by atoms with E-state index in [1.165, 1.54) is 0 Å². The average molecular weight is 221 g/mol. The van der Waals surface area contributed by atoms with Crippen LogP contribution in [0.4, 0.5) is 0 Å². The third-order valence-electron chi connectivity index (χ3n) is 2.13. The molecule has 15 heavy (non-hydrogen) atoms. The molecule has 0 aliphatic rings. The molecule has 2 heterocycles. The van der Waals surface area contributed by atoms with Gasteiger partial charge >= 0.3 is 0 Å². The molecule has 0 spiro atoms.